The number of carbonyl (C=O) groups excluding carboxylic acids is 1. The van der Waals surface area contributed by atoms with E-state index in [0.717, 1.165) is 32.7 Å². The average molecular weight is 509 g/mol. The summed E-state index contributed by atoms with van der Waals surface area (Å²) >= 11 is 0. The summed E-state index contributed by atoms with van der Waals surface area (Å²) < 4.78 is 32.6. The van der Waals surface area contributed by atoms with Crippen LogP contribution < -0.4 is 14.4 Å². The molecule has 1 aliphatic rings. The Morgan fingerprint density at radius 2 is 1.27 bits per heavy atom. The summed E-state index contributed by atoms with van der Waals surface area (Å²) in [5, 5.41) is 6.67. The lowest BCUT2D eigenvalue weighted by molar-refractivity contribution is 0.149. The van der Waals surface area contributed by atoms with Crippen LogP contribution in [0.5, 0.6) is 11.5 Å². The molecule has 0 spiro atoms. The molecule has 1 atom stereocenters. The van der Waals surface area contributed by atoms with Gasteiger partial charge in [0.15, 0.2) is 5.78 Å². The van der Waals surface area contributed by atoms with Gasteiger partial charge >= 0.3 is 13.7 Å². The van der Waals surface area contributed by atoms with Crippen LogP contribution in [-0.2, 0) is 9.30 Å². The van der Waals surface area contributed by atoms with Crippen LogP contribution in [0.4, 0.5) is 4.79 Å². The van der Waals surface area contributed by atoms with E-state index in [1.54, 1.807) is 19.1 Å². The van der Waals surface area contributed by atoms with E-state index in [0.29, 0.717) is 17.1 Å². The Morgan fingerprint density at radius 1 is 0.757 bits per heavy atom. The first-order chi connectivity index (χ1) is 18.1. The number of hydrogen-bond acceptors (Lipinski definition) is 5. The lowest BCUT2D eigenvalue weighted by Gasteiger charge is -2.27. The van der Waals surface area contributed by atoms with E-state index in [1.165, 1.54) is 0 Å². The first kappa shape index (κ1) is 23.1. The van der Waals surface area contributed by atoms with Gasteiger partial charge in [0.2, 0.25) is 0 Å². The summed E-state index contributed by atoms with van der Waals surface area (Å²) in [6.07, 6.45) is -0.708. The zero-order valence-electron chi connectivity index (χ0n) is 20.1. The van der Waals surface area contributed by atoms with Gasteiger partial charge in [-0.15, -0.1) is 0 Å². The van der Waals surface area contributed by atoms with Crippen LogP contribution in [-0.4, -0.2) is 12.7 Å². The van der Waals surface area contributed by atoms with Gasteiger partial charge in [0.1, 0.15) is 11.5 Å². The van der Waals surface area contributed by atoms with E-state index in [4.69, 9.17) is 13.8 Å². The fraction of sp³-hybridized carbons (Fsp3) is 0.100. The molecular formula is C30H24NO5P. The second kappa shape index (κ2) is 9.30. The average Bonchev–Trinajstić information content (AvgIpc) is 3.06. The van der Waals surface area contributed by atoms with Crippen molar-refractivity contribution in [3.8, 4) is 22.6 Å². The highest BCUT2D eigenvalue weighted by Gasteiger charge is 2.45. The topological polar surface area (TPSA) is 73.9 Å². The molecule has 1 heterocycles. The van der Waals surface area contributed by atoms with Crippen molar-refractivity contribution in [2.75, 3.05) is 6.61 Å². The van der Waals surface area contributed by atoms with Crippen molar-refractivity contribution in [3.63, 3.8) is 0 Å². The Bertz CT molecular complexity index is 1590. The van der Waals surface area contributed by atoms with Crippen molar-refractivity contribution in [1.82, 2.24) is 5.32 Å². The summed E-state index contributed by atoms with van der Waals surface area (Å²) in [6.45, 7) is 1.88. The fourth-order valence-electron chi connectivity index (χ4n) is 4.83. The van der Waals surface area contributed by atoms with Gasteiger partial charge in [-0.25, -0.2) is 9.36 Å². The van der Waals surface area contributed by atoms with E-state index in [1.807, 2.05) is 91.0 Å². The van der Waals surface area contributed by atoms with Gasteiger partial charge < -0.3 is 19.1 Å². The predicted molar refractivity (Wildman–Crippen MR) is 145 cm³/mol. The molecule has 1 N–H and O–H groups in total. The van der Waals surface area contributed by atoms with Crippen molar-refractivity contribution < 1.29 is 23.1 Å². The number of nitrogens with one attached hydrogen (secondary N) is 1. The molecule has 0 fully saturated rings. The lowest BCUT2D eigenvalue weighted by Crippen LogP contribution is -2.31. The van der Waals surface area contributed by atoms with Crippen molar-refractivity contribution >= 4 is 35.2 Å². The minimum Gasteiger partial charge on any atom is -0.450 e. The molecule has 0 bridgehead atoms. The third-order valence-electron chi connectivity index (χ3n) is 6.44. The van der Waals surface area contributed by atoms with Crippen molar-refractivity contribution in [1.29, 1.82) is 0 Å². The number of carbonyl (C=O) groups is 1. The molecule has 7 heteroatoms. The minimum atomic E-state index is -4.10. The summed E-state index contributed by atoms with van der Waals surface area (Å²) in [4.78, 5) is 12.6. The standard InChI is InChI=1S/C30H24NO5P/c1-2-34-30(32)31-29(22-12-4-3-5-13-22)37(33)35-25-18-16-20-10-6-8-14-23(20)27(25)28-24-15-9-7-11-21(24)17-19-26(28)36-37/h3-19,29H,2H2,1H3,(H,31,32). The second-order valence-corrected chi connectivity index (χ2v) is 10.7. The lowest BCUT2D eigenvalue weighted by atomic mass is 9.92. The maximum Gasteiger partial charge on any atom is 0.457 e. The van der Waals surface area contributed by atoms with E-state index in [9.17, 15) is 9.36 Å². The van der Waals surface area contributed by atoms with Crippen LogP contribution in [0.25, 0.3) is 32.7 Å². The third kappa shape index (κ3) is 4.09. The molecule has 0 saturated heterocycles. The van der Waals surface area contributed by atoms with Gasteiger partial charge in [0.25, 0.3) is 0 Å². The maximum absolute atomic E-state index is 14.8. The number of amides is 1. The van der Waals surface area contributed by atoms with E-state index < -0.39 is 19.5 Å². The molecular weight excluding hydrogens is 485 g/mol. The van der Waals surface area contributed by atoms with Crippen LogP contribution in [0.1, 0.15) is 18.3 Å². The van der Waals surface area contributed by atoms with Crippen LogP contribution in [0.3, 0.4) is 0 Å². The SMILES string of the molecule is CCOC(=O)NC(c1ccccc1)P1(=O)Oc2ccc3ccccc3c2-c2c(ccc3ccccc23)O1. The second-order valence-electron chi connectivity index (χ2n) is 8.72. The molecule has 0 radical (unpaired) electrons. The highest BCUT2D eigenvalue weighted by atomic mass is 31.2. The molecule has 1 aliphatic heterocycles. The van der Waals surface area contributed by atoms with Gasteiger partial charge in [-0.2, -0.15) is 0 Å². The predicted octanol–water partition coefficient (Wildman–Crippen LogP) is 8.07. The Labute approximate surface area is 214 Å². The molecule has 1 unspecified atom stereocenters. The van der Waals surface area contributed by atoms with Gasteiger partial charge in [-0.1, -0.05) is 91.0 Å². The van der Waals surface area contributed by atoms with E-state index >= 15 is 0 Å². The first-order valence-electron chi connectivity index (χ1n) is 12.1. The molecule has 1 amide bonds. The van der Waals surface area contributed by atoms with Gasteiger partial charge in [-0.05, 0) is 46.2 Å². The molecule has 5 aromatic carbocycles. The van der Waals surface area contributed by atoms with Gasteiger partial charge in [0.05, 0.1) is 6.61 Å². The summed E-state index contributed by atoms with van der Waals surface area (Å²) in [5.41, 5.74) is 2.17. The number of benzene rings is 5. The quantitative estimate of drug-likeness (QED) is 0.248. The molecule has 0 saturated carbocycles. The molecule has 5 aromatic rings. The fourth-order valence-corrected chi connectivity index (χ4v) is 6.74. The summed E-state index contributed by atoms with van der Waals surface area (Å²) in [7, 11) is -4.10. The van der Waals surface area contributed by atoms with Gasteiger partial charge in [-0.3, -0.25) is 0 Å². The van der Waals surface area contributed by atoms with Gasteiger partial charge in [0, 0.05) is 11.1 Å². The summed E-state index contributed by atoms with van der Waals surface area (Å²) in [5.74, 6) is -0.267. The van der Waals surface area contributed by atoms with Crippen LogP contribution in [0.2, 0.25) is 0 Å². The van der Waals surface area contributed by atoms with Crippen molar-refractivity contribution in [2.24, 2.45) is 0 Å². The van der Waals surface area contributed by atoms with Crippen LogP contribution >= 0.6 is 7.60 Å². The van der Waals surface area contributed by atoms with Crippen LogP contribution in [0, 0.1) is 0 Å². The molecule has 0 aliphatic carbocycles. The smallest absolute Gasteiger partial charge is 0.450 e. The minimum absolute atomic E-state index is 0.170. The summed E-state index contributed by atoms with van der Waals surface area (Å²) in [6, 6.07) is 32.5. The van der Waals surface area contributed by atoms with E-state index in [-0.39, 0.29) is 6.61 Å². The van der Waals surface area contributed by atoms with Crippen molar-refractivity contribution in [3.05, 3.63) is 109 Å². The van der Waals surface area contributed by atoms with Crippen LogP contribution in [0.15, 0.2) is 103 Å². The largest absolute Gasteiger partial charge is 0.457 e. The number of alkyl carbamates (subject to hydrolysis) is 1. The monoisotopic (exact) mass is 509 g/mol. The van der Waals surface area contributed by atoms with E-state index in [2.05, 4.69) is 5.32 Å². The molecule has 6 rings (SSSR count). The number of rotatable bonds is 4. The Morgan fingerprint density at radius 3 is 1.81 bits per heavy atom. The number of ether oxygens (including phenoxy) is 1. The highest BCUT2D eigenvalue weighted by Crippen LogP contribution is 2.64. The highest BCUT2D eigenvalue weighted by molar-refractivity contribution is 7.55. The molecule has 37 heavy (non-hydrogen) atoms. The maximum atomic E-state index is 14.8. The Balaban J connectivity index is 1.63. The van der Waals surface area contributed by atoms with Crippen molar-refractivity contribution in [2.45, 2.75) is 12.7 Å². The Kier molecular flexibility index (Phi) is 5.82. The number of hydrogen-bond donors (Lipinski definition) is 1. The number of fused-ring (bicyclic) bond motifs is 7. The zero-order valence-corrected chi connectivity index (χ0v) is 21.0. The molecule has 184 valence electrons. The third-order valence-corrected chi connectivity index (χ3v) is 8.41. The first-order valence-corrected chi connectivity index (χ1v) is 13.7. The molecule has 6 nitrogen and oxygen atoms in total. The normalized spacial score (nSPS) is 14.4. The zero-order chi connectivity index (χ0) is 25.4. The molecule has 0 aromatic heterocycles. The Hall–Kier alpha value is -4.28.